The molecular weight excluding hydrogens is 284 g/mol. The van der Waals surface area contributed by atoms with Crippen molar-refractivity contribution in [2.45, 2.75) is 38.8 Å². The van der Waals surface area contributed by atoms with E-state index < -0.39 is 0 Å². The van der Waals surface area contributed by atoms with E-state index in [1.165, 1.54) is 5.56 Å². The predicted molar refractivity (Wildman–Crippen MR) is 94.6 cm³/mol. The summed E-state index contributed by atoms with van der Waals surface area (Å²) >= 11 is 0. The van der Waals surface area contributed by atoms with Crippen molar-refractivity contribution in [3.05, 3.63) is 53.9 Å². The average Bonchev–Trinajstić information content (AvgIpc) is 2.62. The number of aryl methyl sites for hydroxylation is 1. The zero-order valence-electron chi connectivity index (χ0n) is 14.3. The van der Waals surface area contributed by atoms with Crippen LogP contribution >= 0.6 is 0 Å². The van der Waals surface area contributed by atoms with Gasteiger partial charge in [0.05, 0.1) is 0 Å². The minimum Gasteiger partial charge on any atom is -0.341 e. The second kappa shape index (κ2) is 7.09. The van der Waals surface area contributed by atoms with Gasteiger partial charge >= 0.3 is 0 Å². The standard InChI is InChI=1S/C19H26N4/c1-15-13-20-19(21-14-15)22(3)18-9-11-23(12-10-18)16(2)17-7-5-4-6-8-17/h4-8,13-14,16,18H,9-12H2,1-3H3. The average molecular weight is 310 g/mol. The summed E-state index contributed by atoms with van der Waals surface area (Å²) in [5, 5.41) is 0. The Hall–Kier alpha value is -1.94. The number of nitrogens with zero attached hydrogens (tertiary/aromatic N) is 4. The fourth-order valence-corrected chi connectivity index (χ4v) is 3.33. The van der Waals surface area contributed by atoms with Gasteiger partial charge in [0.1, 0.15) is 0 Å². The van der Waals surface area contributed by atoms with Gasteiger partial charge in [0.25, 0.3) is 0 Å². The molecule has 1 aliphatic heterocycles. The van der Waals surface area contributed by atoms with Crippen molar-refractivity contribution in [3.63, 3.8) is 0 Å². The lowest BCUT2D eigenvalue weighted by Gasteiger charge is -2.39. The summed E-state index contributed by atoms with van der Waals surface area (Å²) < 4.78 is 0. The minimum atomic E-state index is 0.484. The van der Waals surface area contributed by atoms with Crippen LogP contribution in [0.1, 0.15) is 36.9 Å². The molecule has 1 saturated heterocycles. The number of hydrogen-bond donors (Lipinski definition) is 0. The molecule has 1 aromatic carbocycles. The van der Waals surface area contributed by atoms with E-state index in [1.54, 1.807) is 0 Å². The van der Waals surface area contributed by atoms with Gasteiger partial charge < -0.3 is 4.90 Å². The second-order valence-corrected chi connectivity index (χ2v) is 6.53. The molecule has 1 aliphatic rings. The summed E-state index contributed by atoms with van der Waals surface area (Å²) in [5.74, 6) is 0.838. The molecule has 4 nitrogen and oxygen atoms in total. The van der Waals surface area contributed by atoms with Gasteiger partial charge in [-0.1, -0.05) is 30.3 Å². The van der Waals surface area contributed by atoms with Crippen molar-refractivity contribution < 1.29 is 0 Å². The Balaban J connectivity index is 1.59. The quantitative estimate of drug-likeness (QED) is 0.866. The number of hydrogen-bond acceptors (Lipinski definition) is 4. The van der Waals surface area contributed by atoms with Gasteiger partial charge in [-0.05, 0) is 37.8 Å². The third-order valence-corrected chi connectivity index (χ3v) is 4.96. The Morgan fingerprint density at radius 1 is 1.09 bits per heavy atom. The molecule has 0 spiro atoms. The Morgan fingerprint density at radius 3 is 2.30 bits per heavy atom. The van der Waals surface area contributed by atoms with Crippen LogP contribution in [0.25, 0.3) is 0 Å². The molecule has 0 bridgehead atoms. The topological polar surface area (TPSA) is 32.3 Å². The Morgan fingerprint density at radius 2 is 1.70 bits per heavy atom. The Kier molecular flexibility index (Phi) is 4.91. The van der Waals surface area contributed by atoms with Crippen LogP contribution in [-0.4, -0.2) is 41.0 Å². The smallest absolute Gasteiger partial charge is 0.225 e. The predicted octanol–water partition coefficient (Wildman–Crippen LogP) is 3.45. The fourth-order valence-electron chi connectivity index (χ4n) is 3.33. The summed E-state index contributed by atoms with van der Waals surface area (Å²) in [6.45, 7) is 6.57. The molecule has 0 saturated carbocycles. The van der Waals surface area contributed by atoms with Gasteiger partial charge in [-0.15, -0.1) is 0 Å². The van der Waals surface area contributed by atoms with E-state index in [1.807, 2.05) is 19.3 Å². The van der Waals surface area contributed by atoms with Crippen molar-refractivity contribution in [2.75, 3.05) is 25.0 Å². The molecule has 2 aromatic rings. The van der Waals surface area contributed by atoms with Crippen LogP contribution in [0.15, 0.2) is 42.7 Å². The maximum absolute atomic E-state index is 4.46. The highest BCUT2D eigenvalue weighted by Gasteiger charge is 2.26. The molecule has 0 amide bonds. The van der Waals surface area contributed by atoms with Crippen molar-refractivity contribution >= 4 is 5.95 Å². The number of rotatable bonds is 4. The van der Waals surface area contributed by atoms with E-state index in [0.29, 0.717) is 12.1 Å². The third-order valence-electron chi connectivity index (χ3n) is 4.96. The maximum atomic E-state index is 4.46. The van der Waals surface area contributed by atoms with Gasteiger partial charge in [0.15, 0.2) is 0 Å². The van der Waals surface area contributed by atoms with E-state index in [-0.39, 0.29) is 0 Å². The number of anilines is 1. The van der Waals surface area contributed by atoms with Crippen LogP contribution in [0.2, 0.25) is 0 Å². The van der Waals surface area contributed by atoms with E-state index in [4.69, 9.17) is 0 Å². The molecule has 3 rings (SSSR count). The Bertz CT molecular complexity index is 603. The van der Waals surface area contributed by atoms with Gasteiger partial charge in [0.2, 0.25) is 5.95 Å². The zero-order chi connectivity index (χ0) is 16.2. The molecule has 1 atom stereocenters. The number of piperidine rings is 1. The molecule has 1 aromatic heterocycles. The van der Waals surface area contributed by atoms with Crippen LogP contribution in [0.5, 0.6) is 0 Å². The minimum absolute atomic E-state index is 0.484. The lowest BCUT2D eigenvalue weighted by Crippen LogP contribution is -2.44. The first-order valence-electron chi connectivity index (χ1n) is 8.45. The fraction of sp³-hybridized carbons (Fsp3) is 0.474. The van der Waals surface area contributed by atoms with E-state index in [0.717, 1.165) is 37.4 Å². The van der Waals surface area contributed by atoms with E-state index >= 15 is 0 Å². The largest absolute Gasteiger partial charge is 0.341 e. The zero-order valence-corrected chi connectivity index (χ0v) is 14.3. The van der Waals surface area contributed by atoms with E-state index in [2.05, 4.69) is 64.1 Å². The van der Waals surface area contributed by atoms with Gasteiger partial charge in [-0.25, -0.2) is 9.97 Å². The van der Waals surface area contributed by atoms with Gasteiger partial charge in [0, 0.05) is 44.6 Å². The molecule has 2 heterocycles. The molecule has 122 valence electrons. The molecule has 0 aliphatic carbocycles. The number of benzene rings is 1. The van der Waals surface area contributed by atoms with Crippen LogP contribution < -0.4 is 4.90 Å². The van der Waals surface area contributed by atoms with Gasteiger partial charge in [-0.3, -0.25) is 4.90 Å². The summed E-state index contributed by atoms with van der Waals surface area (Å²) in [6.07, 6.45) is 6.10. The molecule has 1 unspecified atom stereocenters. The summed E-state index contributed by atoms with van der Waals surface area (Å²) in [7, 11) is 2.12. The SMILES string of the molecule is Cc1cnc(N(C)C2CCN(C(C)c3ccccc3)CC2)nc1. The first-order valence-corrected chi connectivity index (χ1v) is 8.45. The molecule has 23 heavy (non-hydrogen) atoms. The lowest BCUT2D eigenvalue weighted by atomic mass is 9.99. The highest BCUT2D eigenvalue weighted by Crippen LogP contribution is 2.26. The van der Waals surface area contributed by atoms with Crippen molar-refractivity contribution in [1.29, 1.82) is 0 Å². The number of likely N-dealkylation sites (tertiary alicyclic amines) is 1. The lowest BCUT2D eigenvalue weighted by molar-refractivity contribution is 0.161. The molecule has 1 fully saturated rings. The van der Waals surface area contributed by atoms with Crippen LogP contribution in [0.4, 0.5) is 5.95 Å². The highest BCUT2D eigenvalue weighted by molar-refractivity contribution is 5.30. The molecule has 0 radical (unpaired) electrons. The van der Waals surface area contributed by atoms with E-state index in [9.17, 15) is 0 Å². The summed E-state index contributed by atoms with van der Waals surface area (Å²) in [5.41, 5.74) is 2.51. The summed E-state index contributed by atoms with van der Waals surface area (Å²) in [6, 6.07) is 11.8. The second-order valence-electron chi connectivity index (χ2n) is 6.53. The third kappa shape index (κ3) is 3.70. The Labute approximate surface area is 139 Å². The van der Waals surface area contributed by atoms with Gasteiger partial charge in [-0.2, -0.15) is 0 Å². The monoisotopic (exact) mass is 310 g/mol. The maximum Gasteiger partial charge on any atom is 0.225 e. The van der Waals surface area contributed by atoms with Crippen LogP contribution in [0.3, 0.4) is 0 Å². The first-order chi connectivity index (χ1) is 11.1. The van der Waals surface area contributed by atoms with Crippen LogP contribution in [0, 0.1) is 6.92 Å². The first kappa shape index (κ1) is 15.9. The van der Waals surface area contributed by atoms with Crippen molar-refractivity contribution in [3.8, 4) is 0 Å². The summed E-state index contributed by atoms with van der Waals surface area (Å²) in [4.78, 5) is 13.7. The van der Waals surface area contributed by atoms with Crippen LogP contribution in [-0.2, 0) is 0 Å². The number of aromatic nitrogens is 2. The highest BCUT2D eigenvalue weighted by atomic mass is 15.3. The van der Waals surface area contributed by atoms with Crippen molar-refractivity contribution in [1.82, 2.24) is 14.9 Å². The normalized spacial score (nSPS) is 17.9. The van der Waals surface area contributed by atoms with Crippen molar-refractivity contribution in [2.24, 2.45) is 0 Å². The molecule has 0 N–H and O–H groups in total. The molecular formula is C19H26N4. The molecule has 4 heteroatoms.